The third-order valence-electron chi connectivity index (χ3n) is 4.36. The summed E-state index contributed by atoms with van der Waals surface area (Å²) in [5, 5.41) is 10.5. The predicted molar refractivity (Wildman–Crippen MR) is 77.2 cm³/mol. The first kappa shape index (κ1) is 12.6. The van der Waals surface area contributed by atoms with Gasteiger partial charge in [0.05, 0.1) is 5.60 Å². The zero-order valence-electron chi connectivity index (χ0n) is 11.0. The van der Waals surface area contributed by atoms with Crippen LogP contribution in [0.5, 0.6) is 0 Å². The van der Waals surface area contributed by atoms with Crippen LogP contribution in [0, 0.1) is 0 Å². The van der Waals surface area contributed by atoms with Crippen LogP contribution in [0.2, 0.25) is 0 Å². The maximum absolute atomic E-state index is 10.5. The summed E-state index contributed by atoms with van der Waals surface area (Å²) in [6.07, 6.45) is 9.48. The number of rotatable bonds is 3. The predicted octanol–water partition coefficient (Wildman–Crippen LogP) is 3.96. The first-order valence-corrected chi connectivity index (χ1v) is 8.21. The molecular weight excluding hydrogens is 240 g/mol. The van der Waals surface area contributed by atoms with Crippen LogP contribution in [0.25, 0.3) is 0 Å². The molecule has 0 amide bonds. The summed E-state index contributed by atoms with van der Waals surface area (Å²) in [5.41, 5.74) is 2.67. The highest BCUT2D eigenvalue weighted by Gasteiger charge is 2.29. The van der Waals surface area contributed by atoms with Crippen LogP contribution in [0.15, 0.2) is 23.1 Å². The number of fused-ring (bicyclic) bond motifs is 1. The zero-order valence-corrected chi connectivity index (χ0v) is 11.8. The summed E-state index contributed by atoms with van der Waals surface area (Å²) in [7, 11) is 0. The van der Waals surface area contributed by atoms with Crippen molar-refractivity contribution in [3.63, 3.8) is 0 Å². The normalized spacial score (nSPS) is 21.8. The molecule has 2 aliphatic rings. The molecule has 1 saturated carbocycles. The number of hydrogen-bond donors (Lipinski definition) is 1. The molecule has 0 aliphatic heterocycles. The second-order valence-electron chi connectivity index (χ2n) is 5.86. The summed E-state index contributed by atoms with van der Waals surface area (Å²) in [5.74, 6) is 0.867. The minimum absolute atomic E-state index is 0.401. The largest absolute Gasteiger partial charge is 0.389 e. The number of benzene rings is 1. The van der Waals surface area contributed by atoms with E-state index in [-0.39, 0.29) is 0 Å². The van der Waals surface area contributed by atoms with Crippen molar-refractivity contribution >= 4 is 11.8 Å². The lowest BCUT2D eigenvalue weighted by atomic mass is 9.86. The second-order valence-corrected chi connectivity index (χ2v) is 6.91. The van der Waals surface area contributed by atoms with Gasteiger partial charge >= 0.3 is 0 Å². The summed E-state index contributed by atoms with van der Waals surface area (Å²) in [6, 6.07) is 6.87. The number of aryl methyl sites for hydroxylation is 2. The summed E-state index contributed by atoms with van der Waals surface area (Å²) < 4.78 is 0. The molecule has 0 unspecified atom stereocenters. The monoisotopic (exact) mass is 262 g/mol. The molecule has 1 fully saturated rings. The van der Waals surface area contributed by atoms with E-state index in [0.29, 0.717) is 0 Å². The molecular formula is C16H22OS. The van der Waals surface area contributed by atoms with Crippen LogP contribution in [-0.2, 0) is 12.8 Å². The van der Waals surface area contributed by atoms with Gasteiger partial charge < -0.3 is 5.11 Å². The van der Waals surface area contributed by atoms with Gasteiger partial charge in [-0.3, -0.25) is 0 Å². The molecule has 18 heavy (non-hydrogen) atoms. The molecule has 0 radical (unpaired) electrons. The van der Waals surface area contributed by atoms with Crippen molar-refractivity contribution in [1.82, 2.24) is 0 Å². The molecule has 0 atom stereocenters. The smallest absolute Gasteiger partial charge is 0.0741 e. The standard InChI is InChI=1S/C16H22OS/c17-16(9-2-1-3-10-16)12-18-15-8-7-13-5-4-6-14(13)11-15/h7-8,11,17H,1-6,9-10,12H2. The van der Waals surface area contributed by atoms with Gasteiger partial charge in [-0.1, -0.05) is 25.3 Å². The Labute approximate surface area is 114 Å². The van der Waals surface area contributed by atoms with E-state index in [9.17, 15) is 5.11 Å². The number of thioether (sulfide) groups is 1. The Morgan fingerprint density at radius 2 is 1.78 bits per heavy atom. The van der Waals surface area contributed by atoms with E-state index in [0.717, 1.165) is 18.6 Å². The first-order valence-electron chi connectivity index (χ1n) is 7.22. The van der Waals surface area contributed by atoms with E-state index in [1.165, 1.54) is 54.5 Å². The van der Waals surface area contributed by atoms with Gasteiger partial charge in [-0.25, -0.2) is 0 Å². The molecule has 1 aromatic rings. The lowest BCUT2D eigenvalue weighted by molar-refractivity contribution is 0.0273. The van der Waals surface area contributed by atoms with Gasteiger partial charge in [0.1, 0.15) is 0 Å². The van der Waals surface area contributed by atoms with E-state index in [4.69, 9.17) is 0 Å². The van der Waals surface area contributed by atoms with Crippen molar-refractivity contribution in [2.75, 3.05) is 5.75 Å². The SMILES string of the molecule is OC1(CSc2ccc3c(c2)CCC3)CCCCC1. The molecule has 2 heteroatoms. The maximum atomic E-state index is 10.5. The van der Waals surface area contributed by atoms with Crippen LogP contribution in [0.1, 0.15) is 49.7 Å². The van der Waals surface area contributed by atoms with Crippen molar-refractivity contribution in [3.8, 4) is 0 Å². The summed E-state index contributed by atoms with van der Waals surface area (Å²) in [6.45, 7) is 0. The van der Waals surface area contributed by atoms with Crippen molar-refractivity contribution in [2.45, 2.75) is 61.9 Å². The van der Waals surface area contributed by atoms with Crippen molar-refractivity contribution in [3.05, 3.63) is 29.3 Å². The molecule has 2 aliphatic carbocycles. The van der Waals surface area contributed by atoms with E-state index < -0.39 is 5.60 Å². The fourth-order valence-corrected chi connectivity index (χ4v) is 4.32. The van der Waals surface area contributed by atoms with Crippen molar-refractivity contribution < 1.29 is 5.11 Å². The number of hydrogen-bond acceptors (Lipinski definition) is 2. The van der Waals surface area contributed by atoms with E-state index >= 15 is 0 Å². The maximum Gasteiger partial charge on any atom is 0.0741 e. The molecule has 1 nitrogen and oxygen atoms in total. The van der Waals surface area contributed by atoms with Gasteiger partial charge in [0.25, 0.3) is 0 Å². The van der Waals surface area contributed by atoms with Gasteiger partial charge in [-0.2, -0.15) is 0 Å². The lowest BCUT2D eigenvalue weighted by Gasteiger charge is -2.31. The fraction of sp³-hybridized carbons (Fsp3) is 0.625. The van der Waals surface area contributed by atoms with Crippen LogP contribution in [0.4, 0.5) is 0 Å². The fourth-order valence-electron chi connectivity index (χ4n) is 3.21. The van der Waals surface area contributed by atoms with Crippen LogP contribution < -0.4 is 0 Å². The van der Waals surface area contributed by atoms with E-state index in [1.807, 2.05) is 11.8 Å². The molecule has 98 valence electrons. The quantitative estimate of drug-likeness (QED) is 0.832. The minimum atomic E-state index is -0.401. The molecule has 0 aromatic heterocycles. The highest BCUT2D eigenvalue weighted by atomic mass is 32.2. The molecule has 3 rings (SSSR count). The molecule has 1 aromatic carbocycles. The third kappa shape index (κ3) is 2.75. The minimum Gasteiger partial charge on any atom is -0.389 e. The van der Waals surface area contributed by atoms with Crippen molar-refractivity contribution in [2.24, 2.45) is 0 Å². The highest BCUT2D eigenvalue weighted by Crippen LogP contribution is 2.34. The molecule has 0 heterocycles. The second kappa shape index (κ2) is 5.26. The Morgan fingerprint density at radius 1 is 1.00 bits per heavy atom. The van der Waals surface area contributed by atoms with Crippen LogP contribution in [-0.4, -0.2) is 16.5 Å². The van der Waals surface area contributed by atoms with Gasteiger partial charge in [-0.15, -0.1) is 11.8 Å². The highest BCUT2D eigenvalue weighted by molar-refractivity contribution is 7.99. The Hall–Kier alpha value is -0.470. The topological polar surface area (TPSA) is 20.2 Å². The number of aliphatic hydroxyl groups is 1. The van der Waals surface area contributed by atoms with E-state index in [1.54, 1.807) is 0 Å². The van der Waals surface area contributed by atoms with Gasteiger partial charge in [-0.05, 0) is 55.4 Å². The van der Waals surface area contributed by atoms with Crippen molar-refractivity contribution in [1.29, 1.82) is 0 Å². The molecule has 0 spiro atoms. The van der Waals surface area contributed by atoms with Crippen LogP contribution >= 0.6 is 11.8 Å². The Balaban J connectivity index is 1.62. The third-order valence-corrected chi connectivity index (χ3v) is 5.63. The molecule has 0 bridgehead atoms. The average molecular weight is 262 g/mol. The summed E-state index contributed by atoms with van der Waals surface area (Å²) in [4.78, 5) is 1.34. The lowest BCUT2D eigenvalue weighted by Crippen LogP contribution is -2.33. The Morgan fingerprint density at radius 3 is 2.61 bits per heavy atom. The molecule has 1 N–H and O–H groups in total. The van der Waals surface area contributed by atoms with Gasteiger partial charge in [0.15, 0.2) is 0 Å². The zero-order chi connectivity index (χ0) is 12.4. The Kier molecular flexibility index (Phi) is 3.67. The van der Waals surface area contributed by atoms with Gasteiger partial charge in [0.2, 0.25) is 0 Å². The van der Waals surface area contributed by atoms with Crippen LogP contribution in [0.3, 0.4) is 0 Å². The van der Waals surface area contributed by atoms with E-state index in [2.05, 4.69) is 18.2 Å². The average Bonchev–Trinajstić information content (AvgIpc) is 2.85. The Bertz CT molecular complexity index is 421. The first-order chi connectivity index (χ1) is 8.75. The molecule has 0 saturated heterocycles. The van der Waals surface area contributed by atoms with Gasteiger partial charge in [0, 0.05) is 10.6 Å². The summed E-state index contributed by atoms with van der Waals surface area (Å²) >= 11 is 1.84.